The molecule has 1 heterocycles. The number of hydrogen-bond acceptors (Lipinski definition) is 4. The minimum absolute atomic E-state index is 0.0498. The number of aliphatic carboxylic acids is 1. The molecule has 7 heteroatoms. The van der Waals surface area contributed by atoms with Gasteiger partial charge in [0.15, 0.2) is 0 Å². The van der Waals surface area contributed by atoms with Gasteiger partial charge in [0, 0.05) is 10.3 Å². The van der Waals surface area contributed by atoms with Gasteiger partial charge in [-0.15, -0.1) is 11.3 Å². The largest absolute Gasteiger partial charge is 0.481 e. The van der Waals surface area contributed by atoms with Crippen LogP contribution in [-0.2, 0) is 22.4 Å². The number of rotatable bonds is 3. The lowest BCUT2D eigenvalue weighted by Crippen LogP contribution is -2.48. The van der Waals surface area contributed by atoms with Gasteiger partial charge in [0.05, 0.1) is 17.4 Å². The van der Waals surface area contributed by atoms with Crippen molar-refractivity contribution in [1.29, 1.82) is 0 Å². The Balaban J connectivity index is 1.44. The van der Waals surface area contributed by atoms with Crippen molar-refractivity contribution in [3.63, 3.8) is 0 Å². The smallest absolute Gasteiger partial charge is 0.307 e. The number of hydrogen-bond donors (Lipinski definition) is 3. The summed E-state index contributed by atoms with van der Waals surface area (Å²) >= 11 is 1.62. The van der Waals surface area contributed by atoms with E-state index in [0.29, 0.717) is 11.5 Å². The summed E-state index contributed by atoms with van der Waals surface area (Å²) in [6.45, 7) is 10.8. The molecule has 0 saturated heterocycles. The molecule has 174 valence electrons. The SMILES string of the molecule is CC(C)=C1[C@H]2CC[C@@H]1[C@@H](C(=O)NNC(=O)c1csc3c1CC[C@H](C(C)(C)C)C3)[C@H]2C(=O)O. The minimum Gasteiger partial charge on any atom is -0.481 e. The van der Waals surface area contributed by atoms with Crippen LogP contribution in [-0.4, -0.2) is 22.9 Å². The van der Waals surface area contributed by atoms with Gasteiger partial charge in [-0.1, -0.05) is 31.9 Å². The summed E-state index contributed by atoms with van der Waals surface area (Å²) in [6.07, 6.45) is 4.55. The normalized spacial score (nSPS) is 28.9. The molecule has 0 radical (unpaired) electrons. The van der Waals surface area contributed by atoms with Gasteiger partial charge >= 0.3 is 5.97 Å². The zero-order valence-electron chi connectivity index (χ0n) is 19.6. The molecule has 1 aromatic rings. The molecule has 6 nitrogen and oxygen atoms in total. The first kappa shape index (κ1) is 23.0. The lowest BCUT2D eigenvalue weighted by atomic mass is 9.72. The van der Waals surface area contributed by atoms with Crippen molar-refractivity contribution in [3.05, 3.63) is 32.5 Å². The number of carboxylic acids is 1. The Morgan fingerprint density at radius 1 is 1.03 bits per heavy atom. The van der Waals surface area contributed by atoms with Crippen LogP contribution in [0.5, 0.6) is 0 Å². The van der Waals surface area contributed by atoms with E-state index in [0.717, 1.165) is 48.8 Å². The fraction of sp³-hybridized carbons (Fsp3) is 0.640. The van der Waals surface area contributed by atoms with E-state index in [1.807, 2.05) is 19.2 Å². The minimum atomic E-state index is -0.928. The van der Waals surface area contributed by atoms with Crippen LogP contribution in [0.1, 0.15) is 74.7 Å². The molecular formula is C25H34N2O4S. The highest BCUT2D eigenvalue weighted by Crippen LogP contribution is 2.57. The fourth-order valence-corrected chi connectivity index (χ4v) is 7.48. The predicted molar refractivity (Wildman–Crippen MR) is 124 cm³/mol. The average Bonchev–Trinajstić information content (AvgIpc) is 3.41. The van der Waals surface area contributed by atoms with Crippen molar-refractivity contribution in [2.24, 2.45) is 35.0 Å². The molecule has 2 bridgehead atoms. The van der Waals surface area contributed by atoms with Gasteiger partial charge in [-0.2, -0.15) is 0 Å². The van der Waals surface area contributed by atoms with Crippen molar-refractivity contribution >= 4 is 29.1 Å². The van der Waals surface area contributed by atoms with E-state index in [2.05, 4.69) is 31.6 Å². The Bertz CT molecular complexity index is 983. The molecule has 2 amide bonds. The van der Waals surface area contributed by atoms with Gasteiger partial charge in [-0.3, -0.25) is 25.2 Å². The molecule has 3 N–H and O–H groups in total. The Labute approximate surface area is 193 Å². The molecule has 3 aliphatic rings. The van der Waals surface area contributed by atoms with E-state index >= 15 is 0 Å². The second kappa shape index (κ2) is 8.32. The van der Waals surface area contributed by atoms with Crippen LogP contribution in [0.4, 0.5) is 0 Å². The number of carbonyl (C=O) groups excluding carboxylic acids is 2. The molecule has 2 saturated carbocycles. The van der Waals surface area contributed by atoms with Crippen molar-refractivity contribution < 1.29 is 19.5 Å². The summed E-state index contributed by atoms with van der Waals surface area (Å²) < 4.78 is 0. The van der Waals surface area contributed by atoms with E-state index in [-0.39, 0.29) is 23.2 Å². The van der Waals surface area contributed by atoms with Crippen molar-refractivity contribution in [3.8, 4) is 0 Å². The molecule has 5 atom stereocenters. The fourth-order valence-electron chi connectivity index (χ4n) is 6.32. The van der Waals surface area contributed by atoms with E-state index in [4.69, 9.17) is 0 Å². The zero-order chi connectivity index (χ0) is 23.4. The quantitative estimate of drug-likeness (QED) is 0.463. The van der Waals surface area contributed by atoms with Crippen LogP contribution in [0.15, 0.2) is 16.5 Å². The predicted octanol–water partition coefficient (Wildman–Crippen LogP) is 4.35. The number of thiophene rings is 1. The Hall–Kier alpha value is -2.15. The third-order valence-electron chi connectivity index (χ3n) is 7.93. The van der Waals surface area contributed by atoms with Crippen molar-refractivity contribution in [2.45, 2.75) is 66.7 Å². The summed E-state index contributed by atoms with van der Waals surface area (Å²) in [5.41, 5.74) is 9.34. The van der Waals surface area contributed by atoms with Gasteiger partial charge < -0.3 is 5.11 Å². The summed E-state index contributed by atoms with van der Waals surface area (Å²) in [5, 5.41) is 11.7. The molecule has 0 aliphatic heterocycles. The topological polar surface area (TPSA) is 95.5 Å². The Morgan fingerprint density at radius 3 is 2.28 bits per heavy atom. The number of allylic oxidation sites excluding steroid dienone is 2. The van der Waals surface area contributed by atoms with Crippen LogP contribution < -0.4 is 10.9 Å². The first-order valence-corrected chi connectivity index (χ1v) is 12.5. The molecular weight excluding hydrogens is 424 g/mol. The van der Waals surface area contributed by atoms with Crippen LogP contribution >= 0.6 is 11.3 Å². The first-order chi connectivity index (χ1) is 15.0. The number of carboxylic acid groups (broad SMARTS) is 1. The van der Waals surface area contributed by atoms with Crippen molar-refractivity contribution in [1.82, 2.24) is 10.9 Å². The number of carbonyl (C=O) groups is 3. The highest BCUT2D eigenvalue weighted by molar-refractivity contribution is 7.10. The molecule has 32 heavy (non-hydrogen) atoms. The second-order valence-corrected chi connectivity index (χ2v) is 11.9. The van der Waals surface area contributed by atoms with Crippen LogP contribution in [0.25, 0.3) is 0 Å². The molecule has 4 rings (SSSR count). The maximum absolute atomic E-state index is 13.0. The third-order valence-corrected chi connectivity index (χ3v) is 8.98. The monoisotopic (exact) mass is 458 g/mol. The highest BCUT2D eigenvalue weighted by Gasteiger charge is 2.57. The van der Waals surface area contributed by atoms with E-state index in [1.54, 1.807) is 11.3 Å². The zero-order valence-corrected chi connectivity index (χ0v) is 20.4. The van der Waals surface area contributed by atoms with Gasteiger partial charge in [0.25, 0.3) is 5.91 Å². The van der Waals surface area contributed by atoms with E-state index in [1.165, 1.54) is 4.88 Å². The highest BCUT2D eigenvalue weighted by atomic mass is 32.1. The third kappa shape index (κ3) is 3.89. The molecule has 0 unspecified atom stereocenters. The molecule has 0 spiro atoms. The molecule has 0 aromatic carbocycles. The van der Waals surface area contributed by atoms with E-state index < -0.39 is 23.7 Å². The number of fused-ring (bicyclic) bond motifs is 3. The van der Waals surface area contributed by atoms with Crippen LogP contribution in [0, 0.1) is 35.0 Å². The number of amides is 2. The van der Waals surface area contributed by atoms with E-state index in [9.17, 15) is 19.5 Å². The molecule has 2 fully saturated rings. The lowest BCUT2D eigenvalue weighted by Gasteiger charge is -2.34. The van der Waals surface area contributed by atoms with Crippen LogP contribution in [0.3, 0.4) is 0 Å². The summed E-state index contributed by atoms with van der Waals surface area (Å²) in [5.74, 6) is -2.53. The number of hydrazine groups is 1. The summed E-state index contributed by atoms with van der Waals surface area (Å²) in [7, 11) is 0. The van der Waals surface area contributed by atoms with Crippen LogP contribution in [0.2, 0.25) is 0 Å². The van der Waals surface area contributed by atoms with Gasteiger partial charge in [0.2, 0.25) is 5.91 Å². The van der Waals surface area contributed by atoms with Crippen molar-refractivity contribution in [2.75, 3.05) is 0 Å². The van der Waals surface area contributed by atoms with Gasteiger partial charge in [-0.05, 0) is 74.7 Å². The Morgan fingerprint density at radius 2 is 1.69 bits per heavy atom. The Kier molecular flexibility index (Phi) is 5.99. The summed E-state index contributed by atoms with van der Waals surface area (Å²) in [6, 6.07) is 0. The number of nitrogens with one attached hydrogen (secondary N) is 2. The molecule has 3 aliphatic carbocycles. The molecule has 1 aromatic heterocycles. The van der Waals surface area contributed by atoms with Gasteiger partial charge in [0.1, 0.15) is 0 Å². The second-order valence-electron chi connectivity index (χ2n) is 10.9. The first-order valence-electron chi connectivity index (χ1n) is 11.6. The summed E-state index contributed by atoms with van der Waals surface area (Å²) in [4.78, 5) is 39.1. The average molecular weight is 459 g/mol. The maximum atomic E-state index is 13.0. The van der Waals surface area contributed by atoms with Gasteiger partial charge in [-0.25, -0.2) is 0 Å². The lowest BCUT2D eigenvalue weighted by molar-refractivity contribution is -0.149. The standard InChI is InChI=1S/C25H34N2O4S/c1-12(2)19-15-8-9-16(19)21(24(30)31)20(15)23(29)27-26-22(28)17-11-32-18-10-13(25(3,4)5)6-7-14(17)18/h11,13,15-16,20-21H,6-10H2,1-5H3,(H,26,28)(H,27,29)(H,30,31)/t13-,15-,16+,20+,21-/m0/s1. The maximum Gasteiger partial charge on any atom is 0.307 e.